The number of carbonyl (C=O) groups is 3. The zero-order valence-corrected chi connectivity index (χ0v) is 17.5. The molecule has 2 amide bonds. The number of methoxy groups -OCH3 is 2. The fourth-order valence-corrected chi connectivity index (χ4v) is 2.97. The van der Waals surface area contributed by atoms with Gasteiger partial charge in [-0.25, -0.2) is 4.79 Å². The first-order valence-corrected chi connectivity index (χ1v) is 9.77. The molecule has 7 heteroatoms. The fourth-order valence-electron chi connectivity index (χ4n) is 2.97. The summed E-state index contributed by atoms with van der Waals surface area (Å²) in [6.07, 6.45) is 0.280. The standard InChI is InChI=1S/C23H28N2O5/c1-16(18-7-5-4-6-8-18)24-21(26)13-14-22(27)25-20(23(28)30-3)15-17-9-11-19(29-2)12-10-17/h4-12,16,20H,13-15H2,1-3H3,(H,24,26)(H,25,27)/t16-,20+/m1/s1. The number of esters is 1. The highest BCUT2D eigenvalue weighted by atomic mass is 16.5. The number of carbonyl (C=O) groups excluding carboxylic acids is 3. The van der Waals surface area contributed by atoms with Crippen molar-refractivity contribution in [1.29, 1.82) is 0 Å². The molecule has 0 unspecified atom stereocenters. The van der Waals surface area contributed by atoms with Gasteiger partial charge < -0.3 is 20.1 Å². The van der Waals surface area contributed by atoms with Crippen LogP contribution in [-0.4, -0.2) is 38.0 Å². The van der Waals surface area contributed by atoms with Gasteiger partial charge in [0.05, 0.1) is 20.3 Å². The molecule has 0 heterocycles. The van der Waals surface area contributed by atoms with E-state index in [1.54, 1.807) is 19.2 Å². The third-order valence-electron chi connectivity index (χ3n) is 4.68. The summed E-state index contributed by atoms with van der Waals surface area (Å²) in [4.78, 5) is 36.5. The summed E-state index contributed by atoms with van der Waals surface area (Å²) in [5, 5.41) is 5.53. The van der Waals surface area contributed by atoms with Crippen LogP contribution >= 0.6 is 0 Å². The van der Waals surface area contributed by atoms with Crippen LogP contribution in [0, 0.1) is 0 Å². The lowest BCUT2D eigenvalue weighted by Crippen LogP contribution is -2.43. The summed E-state index contributed by atoms with van der Waals surface area (Å²) in [7, 11) is 2.84. The van der Waals surface area contributed by atoms with Crippen molar-refractivity contribution in [3.63, 3.8) is 0 Å². The number of ether oxygens (including phenoxy) is 2. The Bertz CT molecular complexity index is 836. The molecule has 7 nitrogen and oxygen atoms in total. The van der Waals surface area contributed by atoms with E-state index in [0.29, 0.717) is 5.75 Å². The smallest absolute Gasteiger partial charge is 0.328 e. The van der Waals surface area contributed by atoms with E-state index in [1.807, 2.05) is 49.4 Å². The lowest BCUT2D eigenvalue weighted by molar-refractivity contribution is -0.145. The Morgan fingerprint density at radius 2 is 1.47 bits per heavy atom. The summed E-state index contributed by atoms with van der Waals surface area (Å²) in [5.74, 6) is -0.456. The Balaban J connectivity index is 1.85. The van der Waals surface area contributed by atoms with Crippen molar-refractivity contribution in [1.82, 2.24) is 10.6 Å². The van der Waals surface area contributed by atoms with Gasteiger partial charge in [0.2, 0.25) is 11.8 Å². The quantitative estimate of drug-likeness (QED) is 0.585. The van der Waals surface area contributed by atoms with E-state index in [-0.39, 0.29) is 37.1 Å². The molecule has 0 aromatic heterocycles. The molecule has 30 heavy (non-hydrogen) atoms. The highest BCUT2D eigenvalue weighted by Crippen LogP contribution is 2.14. The van der Waals surface area contributed by atoms with Gasteiger partial charge in [-0.2, -0.15) is 0 Å². The first-order valence-electron chi connectivity index (χ1n) is 9.77. The normalized spacial score (nSPS) is 12.4. The molecule has 0 saturated carbocycles. The van der Waals surface area contributed by atoms with Crippen molar-refractivity contribution in [2.45, 2.75) is 38.3 Å². The highest BCUT2D eigenvalue weighted by molar-refractivity contribution is 5.87. The molecule has 0 fully saturated rings. The molecule has 2 N–H and O–H groups in total. The fraction of sp³-hybridized carbons (Fsp3) is 0.348. The van der Waals surface area contributed by atoms with Crippen LogP contribution < -0.4 is 15.4 Å². The van der Waals surface area contributed by atoms with Crippen LogP contribution in [0.1, 0.15) is 36.9 Å². The molecule has 160 valence electrons. The summed E-state index contributed by atoms with van der Waals surface area (Å²) in [6.45, 7) is 1.88. The molecule has 0 aliphatic rings. The zero-order chi connectivity index (χ0) is 21.9. The van der Waals surface area contributed by atoms with Gasteiger partial charge in [-0.15, -0.1) is 0 Å². The van der Waals surface area contributed by atoms with E-state index in [1.165, 1.54) is 7.11 Å². The molecule has 0 bridgehead atoms. The van der Waals surface area contributed by atoms with Crippen LogP contribution in [0.5, 0.6) is 5.75 Å². The number of rotatable bonds is 10. The second kappa shape index (κ2) is 11.6. The minimum atomic E-state index is -0.831. The van der Waals surface area contributed by atoms with Crippen molar-refractivity contribution in [3.8, 4) is 5.75 Å². The maximum Gasteiger partial charge on any atom is 0.328 e. The Morgan fingerprint density at radius 1 is 0.867 bits per heavy atom. The maximum absolute atomic E-state index is 12.3. The van der Waals surface area contributed by atoms with Gasteiger partial charge in [-0.1, -0.05) is 42.5 Å². The molecule has 2 aromatic rings. The molecular formula is C23H28N2O5. The third-order valence-corrected chi connectivity index (χ3v) is 4.68. The van der Waals surface area contributed by atoms with Crippen LogP contribution in [0.15, 0.2) is 54.6 Å². The largest absolute Gasteiger partial charge is 0.497 e. The average molecular weight is 412 g/mol. The Morgan fingerprint density at radius 3 is 2.03 bits per heavy atom. The van der Waals surface area contributed by atoms with Crippen molar-refractivity contribution in [3.05, 3.63) is 65.7 Å². The predicted octanol–water partition coefficient (Wildman–Crippen LogP) is 2.55. The lowest BCUT2D eigenvalue weighted by Gasteiger charge is -2.17. The lowest BCUT2D eigenvalue weighted by atomic mass is 10.1. The number of nitrogens with one attached hydrogen (secondary N) is 2. The van der Waals surface area contributed by atoms with Crippen molar-refractivity contribution < 1.29 is 23.9 Å². The highest BCUT2D eigenvalue weighted by Gasteiger charge is 2.22. The van der Waals surface area contributed by atoms with Crippen molar-refractivity contribution in [2.24, 2.45) is 0 Å². The van der Waals surface area contributed by atoms with Gasteiger partial charge in [0.15, 0.2) is 0 Å². The van der Waals surface area contributed by atoms with Gasteiger partial charge in [0.25, 0.3) is 0 Å². The first-order chi connectivity index (χ1) is 14.4. The zero-order valence-electron chi connectivity index (χ0n) is 17.5. The van der Waals surface area contributed by atoms with E-state index in [2.05, 4.69) is 10.6 Å². The summed E-state index contributed by atoms with van der Waals surface area (Å²) in [6, 6.07) is 15.8. The summed E-state index contributed by atoms with van der Waals surface area (Å²) >= 11 is 0. The SMILES string of the molecule is COC(=O)[C@H](Cc1ccc(OC)cc1)NC(=O)CCC(=O)N[C@H](C)c1ccccc1. The van der Waals surface area contributed by atoms with E-state index in [9.17, 15) is 14.4 Å². The van der Waals surface area contributed by atoms with Gasteiger partial charge in [0.1, 0.15) is 11.8 Å². The molecule has 0 aliphatic heterocycles. The number of benzene rings is 2. The number of hydrogen-bond donors (Lipinski definition) is 2. The van der Waals surface area contributed by atoms with E-state index < -0.39 is 12.0 Å². The summed E-state index contributed by atoms with van der Waals surface area (Å²) in [5.41, 5.74) is 1.83. The van der Waals surface area contributed by atoms with Crippen LogP contribution in [-0.2, 0) is 25.5 Å². The predicted molar refractivity (Wildman–Crippen MR) is 113 cm³/mol. The number of amides is 2. The first kappa shape index (κ1) is 22.9. The van der Waals surface area contributed by atoms with Crippen molar-refractivity contribution in [2.75, 3.05) is 14.2 Å². The van der Waals surface area contributed by atoms with Gasteiger partial charge in [-0.3, -0.25) is 9.59 Å². The Labute approximate surface area is 176 Å². The topological polar surface area (TPSA) is 93.7 Å². The monoisotopic (exact) mass is 412 g/mol. The van der Waals surface area contributed by atoms with Gasteiger partial charge in [-0.05, 0) is 30.2 Å². The molecule has 2 aromatic carbocycles. The Kier molecular flexibility index (Phi) is 8.87. The third kappa shape index (κ3) is 7.24. The van der Waals surface area contributed by atoms with Crippen LogP contribution in [0.3, 0.4) is 0 Å². The molecule has 0 spiro atoms. The minimum Gasteiger partial charge on any atom is -0.497 e. The van der Waals surface area contributed by atoms with Crippen LogP contribution in [0.2, 0.25) is 0 Å². The van der Waals surface area contributed by atoms with E-state index in [4.69, 9.17) is 9.47 Å². The molecule has 2 rings (SSSR count). The van der Waals surface area contributed by atoms with Gasteiger partial charge in [0, 0.05) is 19.3 Å². The van der Waals surface area contributed by atoms with E-state index in [0.717, 1.165) is 11.1 Å². The molecule has 0 saturated heterocycles. The second-order valence-corrected chi connectivity index (χ2v) is 6.90. The van der Waals surface area contributed by atoms with Crippen molar-refractivity contribution >= 4 is 17.8 Å². The maximum atomic E-state index is 12.3. The molecule has 0 aliphatic carbocycles. The number of hydrogen-bond acceptors (Lipinski definition) is 5. The average Bonchev–Trinajstić information content (AvgIpc) is 2.77. The minimum absolute atomic E-state index is 0.0244. The van der Waals surface area contributed by atoms with E-state index >= 15 is 0 Å². The van der Waals surface area contributed by atoms with Crippen LogP contribution in [0.4, 0.5) is 0 Å². The van der Waals surface area contributed by atoms with Crippen LogP contribution in [0.25, 0.3) is 0 Å². The second-order valence-electron chi connectivity index (χ2n) is 6.90. The molecule has 2 atom stereocenters. The Hall–Kier alpha value is -3.35. The molecule has 0 radical (unpaired) electrons. The molecular weight excluding hydrogens is 384 g/mol. The van der Waals surface area contributed by atoms with Gasteiger partial charge >= 0.3 is 5.97 Å². The summed E-state index contributed by atoms with van der Waals surface area (Å²) < 4.78 is 9.92.